The maximum absolute atomic E-state index is 10.0. The summed E-state index contributed by atoms with van der Waals surface area (Å²) in [5.74, 6) is 0.460. The summed E-state index contributed by atoms with van der Waals surface area (Å²) in [4.78, 5) is 13.6. The molecule has 1 rings (SSSR count). The van der Waals surface area contributed by atoms with E-state index in [-0.39, 0.29) is 0 Å². The van der Waals surface area contributed by atoms with Crippen molar-refractivity contribution in [2.24, 2.45) is 4.99 Å². The number of nitrogens with zero attached hydrogens (tertiary/aromatic N) is 1. The number of carbonyl (C=O) groups excluding carboxylic acids is 1. The van der Waals surface area contributed by atoms with Gasteiger partial charge >= 0.3 is 0 Å². The Hall–Kier alpha value is -1.40. The number of aryl methyl sites for hydroxylation is 1. The average molecular weight is 175 g/mol. The van der Waals surface area contributed by atoms with Crippen LogP contribution >= 0.6 is 0 Å². The van der Waals surface area contributed by atoms with Crippen LogP contribution in [-0.4, -0.2) is 6.08 Å². The largest absolute Gasteiger partial charge is 0.240 e. The third-order valence-electron chi connectivity index (χ3n) is 2.06. The number of hydrogen-bond acceptors (Lipinski definition) is 2. The molecule has 0 spiro atoms. The van der Waals surface area contributed by atoms with Crippen molar-refractivity contribution in [2.75, 3.05) is 0 Å². The van der Waals surface area contributed by atoms with Crippen LogP contribution in [0.25, 0.3) is 0 Å². The fraction of sp³-hybridized carbons (Fsp3) is 0.364. The smallest absolute Gasteiger partial charge is 0.211 e. The van der Waals surface area contributed by atoms with Crippen LogP contribution < -0.4 is 0 Å². The second kappa shape index (κ2) is 4.01. The molecule has 0 bridgehead atoms. The van der Waals surface area contributed by atoms with Crippen molar-refractivity contribution in [1.29, 1.82) is 0 Å². The Morgan fingerprint density at radius 1 is 1.38 bits per heavy atom. The molecule has 0 amide bonds. The van der Waals surface area contributed by atoms with E-state index in [0.29, 0.717) is 11.6 Å². The van der Waals surface area contributed by atoms with Gasteiger partial charge in [-0.05, 0) is 36.1 Å². The monoisotopic (exact) mass is 175 g/mol. The highest BCUT2D eigenvalue weighted by Crippen LogP contribution is 2.23. The topological polar surface area (TPSA) is 29.4 Å². The Morgan fingerprint density at radius 2 is 2.08 bits per heavy atom. The summed E-state index contributed by atoms with van der Waals surface area (Å²) in [6.07, 6.45) is 1.54. The zero-order chi connectivity index (χ0) is 9.84. The zero-order valence-corrected chi connectivity index (χ0v) is 8.16. The lowest BCUT2D eigenvalue weighted by atomic mass is 9.98. The second-order valence-corrected chi connectivity index (χ2v) is 3.40. The minimum absolute atomic E-state index is 0.460. The van der Waals surface area contributed by atoms with Crippen LogP contribution in [-0.2, 0) is 4.79 Å². The van der Waals surface area contributed by atoms with Crippen LogP contribution in [0.15, 0.2) is 23.2 Å². The highest BCUT2D eigenvalue weighted by Gasteiger charge is 2.03. The van der Waals surface area contributed by atoms with Crippen molar-refractivity contribution >= 4 is 11.8 Å². The molecule has 0 heterocycles. The van der Waals surface area contributed by atoms with E-state index in [0.717, 1.165) is 0 Å². The molecule has 0 saturated heterocycles. The van der Waals surface area contributed by atoms with Crippen LogP contribution in [0.2, 0.25) is 0 Å². The van der Waals surface area contributed by atoms with Gasteiger partial charge in [-0.3, -0.25) is 0 Å². The van der Waals surface area contributed by atoms with Gasteiger partial charge in [0, 0.05) is 0 Å². The second-order valence-electron chi connectivity index (χ2n) is 3.40. The maximum atomic E-state index is 10.0. The number of rotatable bonds is 2. The molecule has 0 N–H and O–H groups in total. The predicted octanol–water partition coefficient (Wildman–Crippen LogP) is 3.09. The molecule has 1 aromatic rings. The molecule has 0 aliphatic rings. The summed E-state index contributed by atoms with van der Waals surface area (Å²) in [5.41, 5.74) is 3.15. The SMILES string of the molecule is Cc1ccc(N=C=O)cc1C(C)C. The predicted molar refractivity (Wildman–Crippen MR) is 53.0 cm³/mol. The lowest BCUT2D eigenvalue weighted by Crippen LogP contribution is -1.90. The van der Waals surface area contributed by atoms with E-state index in [1.807, 2.05) is 18.2 Å². The van der Waals surface area contributed by atoms with E-state index < -0.39 is 0 Å². The minimum Gasteiger partial charge on any atom is -0.211 e. The molecule has 2 heteroatoms. The molecular formula is C11H13NO. The summed E-state index contributed by atoms with van der Waals surface area (Å²) in [5, 5.41) is 0. The molecule has 0 aromatic heterocycles. The quantitative estimate of drug-likeness (QED) is 0.501. The van der Waals surface area contributed by atoms with Crippen molar-refractivity contribution in [3.8, 4) is 0 Å². The van der Waals surface area contributed by atoms with Crippen LogP contribution in [0.3, 0.4) is 0 Å². The first-order valence-electron chi connectivity index (χ1n) is 4.33. The van der Waals surface area contributed by atoms with Crippen molar-refractivity contribution in [1.82, 2.24) is 0 Å². The Kier molecular flexibility index (Phi) is 2.99. The van der Waals surface area contributed by atoms with Crippen LogP contribution in [0.5, 0.6) is 0 Å². The van der Waals surface area contributed by atoms with Gasteiger partial charge in [0.1, 0.15) is 0 Å². The summed E-state index contributed by atoms with van der Waals surface area (Å²) in [6, 6.07) is 5.74. The molecule has 0 atom stereocenters. The first-order valence-corrected chi connectivity index (χ1v) is 4.33. The van der Waals surface area contributed by atoms with E-state index in [4.69, 9.17) is 0 Å². The first-order chi connectivity index (χ1) is 6.15. The third kappa shape index (κ3) is 2.27. The van der Waals surface area contributed by atoms with Gasteiger partial charge in [0.25, 0.3) is 0 Å². The molecule has 0 aliphatic carbocycles. The van der Waals surface area contributed by atoms with Crippen LogP contribution in [0.1, 0.15) is 30.9 Å². The molecule has 0 fully saturated rings. The Bertz CT molecular complexity index is 349. The van der Waals surface area contributed by atoms with Gasteiger partial charge in [-0.15, -0.1) is 0 Å². The van der Waals surface area contributed by atoms with Crippen molar-refractivity contribution in [3.05, 3.63) is 29.3 Å². The van der Waals surface area contributed by atoms with Gasteiger partial charge in [0.15, 0.2) is 0 Å². The number of aliphatic imine (C=N–C) groups is 1. The fourth-order valence-electron chi connectivity index (χ4n) is 1.37. The Balaban J connectivity index is 3.18. The highest BCUT2D eigenvalue weighted by atomic mass is 16.1. The molecular weight excluding hydrogens is 162 g/mol. The van der Waals surface area contributed by atoms with Gasteiger partial charge in [0.05, 0.1) is 5.69 Å². The first kappa shape index (κ1) is 9.69. The summed E-state index contributed by atoms with van der Waals surface area (Å²) < 4.78 is 0. The van der Waals surface area contributed by atoms with Crippen molar-refractivity contribution in [2.45, 2.75) is 26.7 Å². The lowest BCUT2D eigenvalue weighted by Gasteiger charge is -2.09. The molecule has 0 radical (unpaired) electrons. The van der Waals surface area contributed by atoms with E-state index >= 15 is 0 Å². The Morgan fingerprint density at radius 3 is 2.62 bits per heavy atom. The molecule has 68 valence electrons. The maximum Gasteiger partial charge on any atom is 0.240 e. The fourth-order valence-corrected chi connectivity index (χ4v) is 1.37. The van der Waals surface area contributed by atoms with Gasteiger partial charge in [-0.1, -0.05) is 19.9 Å². The summed E-state index contributed by atoms with van der Waals surface area (Å²) in [7, 11) is 0. The Labute approximate surface area is 78.3 Å². The molecule has 2 nitrogen and oxygen atoms in total. The van der Waals surface area contributed by atoms with E-state index in [1.165, 1.54) is 11.1 Å². The lowest BCUT2D eigenvalue weighted by molar-refractivity contribution is 0.565. The van der Waals surface area contributed by atoms with Crippen molar-refractivity contribution < 1.29 is 4.79 Å². The average Bonchev–Trinajstić information content (AvgIpc) is 2.08. The van der Waals surface area contributed by atoms with Crippen LogP contribution in [0, 0.1) is 6.92 Å². The summed E-state index contributed by atoms with van der Waals surface area (Å²) >= 11 is 0. The summed E-state index contributed by atoms with van der Waals surface area (Å²) in [6.45, 7) is 6.30. The molecule has 1 aromatic carbocycles. The van der Waals surface area contributed by atoms with E-state index in [1.54, 1.807) is 6.08 Å². The molecule has 0 saturated carbocycles. The third-order valence-corrected chi connectivity index (χ3v) is 2.06. The normalized spacial score (nSPS) is 9.85. The van der Waals surface area contributed by atoms with Gasteiger partial charge < -0.3 is 0 Å². The van der Waals surface area contributed by atoms with Gasteiger partial charge in [-0.25, -0.2) is 4.79 Å². The van der Waals surface area contributed by atoms with E-state index in [9.17, 15) is 4.79 Å². The molecule has 0 unspecified atom stereocenters. The van der Waals surface area contributed by atoms with Gasteiger partial charge in [-0.2, -0.15) is 4.99 Å². The van der Waals surface area contributed by atoms with Gasteiger partial charge in [0.2, 0.25) is 6.08 Å². The zero-order valence-electron chi connectivity index (χ0n) is 8.16. The molecule has 13 heavy (non-hydrogen) atoms. The molecule has 0 aliphatic heterocycles. The highest BCUT2D eigenvalue weighted by molar-refractivity contribution is 5.51. The number of hydrogen-bond donors (Lipinski definition) is 0. The standard InChI is InChI=1S/C11H13NO/c1-8(2)11-6-10(12-7-13)5-4-9(11)3/h4-6,8H,1-3H3. The van der Waals surface area contributed by atoms with E-state index in [2.05, 4.69) is 25.8 Å². The van der Waals surface area contributed by atoms with Crippen LogP contribution in [0.4, 0.5) is 5.69 Å². The number of isocyanates is 1. The van der Waals surface area contributed by atoms with Crippen molar-refractivity contribution in [3.63, 3.8) is 0 Å². The number of benzene rings is 1. The minimum atomic E-state index is 0.460.